The predicted octanol–water partition coefficient (Wildman–Crippen LogP) is 1.87. The maximum absolute atomic E-state index is 11.2. The number of aryl methyl sites for hydroxylation is 2. The number of anilines is 1. The Hall–Kier alpha value is -1.97. The number of carbonyl (C=O) groups is 1. The van der Waals surface area contributed by atoms with Gasteiger partial charge in [-0.25, -0.2) is 0 Å². The van der Waals surface area contributed by atoms with Gasteiger partial charge in [0.15, 0.2) is 0 Å². The smallest absolute Gasteiger partial charge is 0.305 e. The van der Waals surface area contributed by atoms with E-state index < -0.39 is 0 Å². The summed E-state index contributed by atoms with van der Waals surface area (Å²) < 4.78 is 6.59. The second kappa shape index (κ2) is 4.49. The number of aromatic nitrogens is 1. The van der Waals surface area contributed by atoms with E-state index in [-0.39, 0.29) is 5.97 Å². The van der Waals surface area contributed by atoms with Crippen molar-refractivity contribution in [3.8, 4) is 0 Å². The number of para-hydroxylation sites is 1. The van der Waals surface area contributed by atoms with Crippen molar-refractivity contribution >= 4 is 22.7 Å². The summed E-state index contributed by atoms with van der Waals surface area (Å²) in [5, 5.41) is 1.11. The lowest BCUT2D eigenvalue weighted by Crippen LogP contribution is -2.04. The molecule has 4 heteroatoms. The van der Waals surface area contributed by atoms with Crippen molar-refractivity contribution in [3.63, 3.8) is 0 Å². The van der Waals surface area contributed by atoms with E-state index in [1.807, 2.05) is 35.9 Å². The molecular formula is C13H16N2O2. The van der Waals surface area contributed by atoms with Crippen LogP contribution in [0.15, 0.2) is 24.3 Å². The first-order valence-electron chi connectivity index (χ1n) is 5.53. The van der Waals surface area contributed by atoms with Crippen LogP contribution in [0.4, 0.5) is 5.82 Å². The van der Waals surface area contributed by atoms with Gasteiger partial charge in [0.2, 0.25) is 0 Å². The van der Waals surface area contributed by atoms with Crippen LogP contribution < -0.4 is 5.73 Å². The number of esters is 1. The van der Waals surface area contributed by atoms with Crippen molar-refractivity contribution in [2.24, 2.45) is 7.05 Å². The highest BCUT2D eigenvalue weighted by atomic mass is 16.5. The minimum Gasteiger partial charge on any atom is -0.469 e. The third-order valence-corrected chi connectivity index (χ3v) is 3.07. The highest BCUT2D eigenvalue weighted by Gasteiger charge is 2.13. The van der Waals surface area contributed by atoms with Gasteiger partial charge in [0.1, 0.15) is 5.82 Å². The Labute approximate surface area is 100.0 Å². The maximum atomic E-state index is 11.2. The molecule has 17 heavy (non-hydrogen) atoms. The van der Waals surface area contributed by atoms with Gasteiger partial charge in [-0.3, -0.25) is 4.79 Å². The average Bonchev–Trinajstić information content (AvgIpc) is 2.60. The normalized spacial score (nSPS) is 10.7. The van der Waals surface area contributed by atoms with Crippen LogP contribution in [0.5, 0.6) is 0 Å². The second-order valence-corrected chi connectivity index (χ2v) is 4.02. The summed E-state index contributed by atoms with van der Waals surface area (Å²) in [5.74, 6) is 0.507. The van der Waals surface area contributed by atoms with Crippen molar-refractivity contribution in [2.75, 3.05) is 12.8 Å². The van der Waals surface area contributed by atoms with Gasteiger partial charge in [0.25, 0.3) is 0 Å². The van der Waals surface area contributed by atoms with Crippen molar-refractivity contribution < 1.29 is 9.53 Å². The topological polar surface area (TPSA) is 57.2 Å². The van der Waals surface area contributed by atoms with E-state index >= 15 is 0 Å². The summed E-state index contributed by atoms with van der Waals surface area (Å²) in [6.07, 6.45) is 0.967. The fourth-order valence-electron chi connectivity index (χ4n) is 2.08. The fraction of sp³-hybridized carbons (Fsp3) is 0.308. The number of nitrogens with two attached hydrogens (primary N) is 1. The van der Waals surface area contributed by atoms with Crippen LogP contribution in [-0.4, -0.2) is 17.6 Å². The van der Waals surface area contributed by atoms with Crippen LogP contribution in [-0.2, 0) is 23.0 Å². The zero-order valence-corrected chi connectivity index (χ0v) is 10.1. The maximum Gasteiger partial charge on any atom is 0.305 e. The molecular weight excluding hydrogens is 216 g/mol. The molecule has 1 aromatic heterocycles. The first kappa shape index (κ1) is 11.5. The van der Waals surface area contributed by atoms with Crippen molar-refractivity contribution in [2.45, 2.75) is 12.8 Å². The van der Waals surface area contributed by atoms with Crippen LogP contribution in [0.25, 0.3) is 10.9 Å². The summed E-state index contributed by atoms with van der Waals surface area (Å²) in [5.41, 5.74) is 8.16. The van der Waals surface area contributed by atoms with Gasteiger partial charge >= 0.3 is 5.97 Å². The number of nitrogens with zero attached hydrogens (tertiary/aromatic N) is 1. The Bertz CT molecular complexity index is 558. The van der Waals surface area contributed by atoms with E-state index in [4.69, 9.17) is 5.73 Å². The molecule has 1 aromatic carbocycles. The SMILES string of the molecule is COC(=O)CCc1c(N)n(C)c2ccccc12. The molecule has 2 rings (SSSR count). The minimum absolute atomic E-state index is 0.211. The highest BCUT2D eigenvalue weighted by molar-refractivity contribution is 5.89. The third kappa shape index (κ3) is 1.98. The molecule has 1 heterocycles. The van der Waals surface area contributed by atoms with Crippen LogP contribution in [0, 0.1) is 0 Å². The number of methoxy groups -OCH3 is 1. The molecule has 0 aliphatic rings. The lowest BCUT2D eigenvalue weighted by molar-refractivity contribution is -0.140. The molecule has 2 N–H and O–H groups in total. The first-order chi connectivity index (χ1) is 8.15. The first-order valence-corrected chi connectivity index (χ1v) is 5.53. The summed E-state index contributed by atoms with van der Waals surface area (Å²) in [4.78, 5) is 11.2. The standard InChI is InChI=1S/C13H16N2O2/c1-15-11-6-4-3-5-9(11)10(13(15)14)7-8-12(16)17-2/h3-6H,7-8,14H2,1-2H3. The fourth-order valence-corrected chi connectivity index (χ4v) is 2.08. The van der Waals surface area contributed by atoms with Gasteiger partial charge in [0.05, 0.1) is 7.11 Å². The molecule has 0 radical (unpaired) electrons. The molecule has 4 nitrogen and oxygen atoms in total. The number of hydrogen-bond acceptors (Lipinski definition) is 3. The molecule has 0 fully saturated rings. The summed E-state index contributed by atoms with van der Waals surface area (Å²) in [6.45, 7) is 0. The van der Waals surface area contributed by atoms with Gasteiger partial charge in [-0.05, 0) is 12.5 Å². The Balaban J connectivity index is 2.39. The zero-order valence-electron chi connectivity index (χ0n) is 10.1. The van der Waals surface area contributed by atoms with Crippen molar-refractivity contribution in [1.29, 1.82) is 0 Å². The summed E-state index contributed by atoms with van der Waals surface area (Å²) >= 11 is 0. The summed E-state index contributed by atoms with van der Waals surface area (Å²) in [6, 6.07) is 8.00. The quantitative estimate of drug-likeness (QED) is 0.822. The number of nitrogen functional groups attached to an aromatic ring is 1. The average molecular weight is 232 g/mol. The largest absolute Gasteiger partial charge is 0.469 e. The van der Waals surface area contributed by atoms with Crippen LogP contribution in [0.3, 0.4) is 0 Å². The summed E-state index contributed by atoms with van der Waals surface area (Å²) in [7, 11) is 3.33. The van der Waals surface area contributed by atoms with Gasteiger partial charge in [-0.15, -0.1) is 0 Å². The predicted molar refractivity (Wildman–Crippen MR) is 67.7 cm³/mol. The zero-order chi connectivity index (χ0) is 12.4. The monoisotopic (exact) mass is 232 g/mol. The Morgan fingerprint density at radius 1 is 1.41 bits per heavy atom. The highest BCUT2D eigenvalue weighted by Crippen LogP contribution is 2.28. The Morgan fingerprint density at radius 2 is 2.12 bits per heavy atom. The number of benzene rings is 1. The lowest BCUT2D eigenvalue weighted by Gasteiger charge is -2.01. The molecule has 0 amide bonds. The van der Waals surface area contributed by atoms with E-state index in [0.717, 1.165) is 22.3 Å². The number of ether oxygens (including phenoxy) is 1. The van der Waals surface area contributed by atoms with Gasteiger partial charge in [-0.1, -0.05) is 18.2 Å². The number of hydrogen-bond donors (Lipinski definition) is 1. The Morgan fingerprint density at radius 3 is 2.82 bits per heavy atom. The second-order valence-electron chi connectivity index (χ2n) is 4.02. The molecule has 0 spiro atoms. The molecule has 0 aliphatic carbocycles. The molecule has 0 unspecified atom stereocenters. The molecule has 0 atom stereocenters. The van der Waals surface area contributed by atoms with E-state index in [9.17, 15) is 4.79 Å². The molecule has 0 aliphatic heterocycles. The van der Waals surface area contributed by atoms with Crippen molar-refractivity contribution in [3.05, 3.63) is 29.8 Å². The van der Waals surface area contributed by atoms with Gasteiger partial charge in [0, 0.05) is 29.9 Å². The van der Waals surface area contributed by atoms with E-state index in [1.54, 1.807) is 0 Å². The molecule has 2 aromatic rings. The van der Waals surface area contributed by atoms with E-state index in [1.165, 1.54) is 7.11 Å². The number of fused-ring (bicyclic) bond motifs is 1. The Kier molecular flexibility index (Phi) is 3.04. The van der Waals surface area contributed by atoms with Crippen LogP contribution in [0.2, 0.25) is 0 Å². The van der Waals surface area contributed by atoms with E-state index in [0.29, 0.717) is 12.8 Å². The molecule has 0 bridgehead atoms. The minimum atomic E-state index is -0.211. The molecule has 90 valence electrons. The number of rotatable bonds is 3. The van der Waals surface area contributed by atoms with Gasteiger partial charge in [-0.2, -0.15) is 0 Å². The molecule has 0 saturated heterocycles. The number of carbonyl (C=O) groups excluding carboxylic acids is 1. The third-order valence-electron chi connectivity index (χ3n) is 3.07. The van der Waals surface area contributed by atoms with E-state index in [2.05, 4.69) is 4.74 Å². The van der Waals surface area contributed by atoms with Crippen LogP contribution in [0.1, 0.15) is 12.0 Å². The van der Waals surface area contributed by atoms with Crippen LogP contribution >= 0.6 is 0 Å². The lowest BCUT2D eigenvalue weighted by atomic mass is 10.1. The molecule has 0 saturated carbocycles. The van der Waals surface area contributed by atoms with Gasteiger partial charge < -0.3 is 15.0 Å². The van der Waals surface area contributed by atoms with Crippen molar-refractivity contribution in [1.82, 2.24) is 4.57 Å².